The zero-order chi connectivity index (χ0) is 13.3. The average Bonchev–Trinajstić information content (AvgIpc) is 2.45. The van der Waals surface area contributed by atoms with Gasteiger partial charge in [0.25, 0.3) is 0 Å². The Morgan fingerprint density at radius 2 is 2.06 bits per heavy atom. The van der Waals surface area contributed by atoms with Crippen LogP contribution in [0.15, 0.2) is 0 Å². The van der Waals surface area contributed by atoms with E-state index in [4.69, 9.17) is 4.74 Å². The van der Waals surface area contributed by atoms with Crippen LogP contribution in [0.5, 0.6) is 0 Å². The van der Waals surface area contributed by atoms with Gasteiger partial charge in [-0.15, -0.1) is 0 Å². The number of hydrogen-bond acceptors (Lipinski definition) is 3. The molecule has 4 heteroatoms. The lowest BCUT2D eigenvalue weighted by Gasteiger charge is -2.30. The van der Waals surface area contributed by atoms with E-state index >= 15 is 0 Å². The molecule has 2 N–H and O–H groups in total. The van der Waals surface area contributed by atoms with Gasteiger partial charge in [-0.25, -0.2) is 0 Å². The van der Waals surface area contributed by atoms with Gasteiger partial charge in [-0.1, -0.05) is 0 Å². The van der Waals surface area contributed by atoms with Gasteiger partial charge >= 0.3 is 5.97 Å². The summed E-state index contributed by atoms with van der Waals surface area (Å²) in [6.45, 7) is 9.96. The van der Waals surface area contributed by atoms with E-state index in [1.165, 1.54) is 0 Å². The number of nitrogens with one attached hydrogen (secondary N) is 1. The van der Waals surface area contributed by atoms with Gasteiger partial charge in [0.2, 0.25) is 0 Å². The normalized spacial score (nSPS) is 29.9. The average molecular weight is 243 g/mol. The molecule has 100 valence electrons. The van der Waals surface area contributed by atoms with Crippen LogP contribution in [-0.4, -0.2) is 34.4 Å². The molecule has 1 aliphatic rings. The quantitative estimate of drug-likeness (QED) is 0.794. The molecule has 0 radical (unpaired) electrons. The van der Waals surface area contributed by atoms with E-state index in [9.17, 15) is 9.90 Å². The van der Waals surface area contributed by atoms with Crippen molar-refractivity contribution in [1.29, 1.82) is 0 Å². The fourth-order valence-electron chi connectivity index (χ4n) is 2.54. The summed E-state index contributed by atoms with van der Waals surface area (Å²) in [4.78, 5) is 11.5. The number of carbonyl (C=O) groups is 1. The van der Waals surface area contributed by atoms with Gasteiger partial charge in [-0.3, -0.25) is 10.1 Å². The maximum absolute atomic E-state index is 11.5. The molecular weight excluding hydrogens is 218 g/mol. The Labute approximate surface area is 104 Å². The van der Waals surface area contributed by atoms with Crippen LogP contribution in [-0.2, 0) is 9.53 Å². The molecule has 0 bridgehead atoms. The molecule has 2 unspecified atom stereocenters. The lowest BCUT2D eigenvalue weighted by molar-refractivity contribution is -0.146. The molecule has 4 nitrogen and oxygen atoms in total. The van der Waals surface area contributed by atoms with Crippen LogP contribution in [0.3, 0.4) is 0 Å². The predicted molar refractivity (Wildman–Crippen MR) is 67.1 cm³/mol. The van der Waals surface area contributed by atoms with Crippen molar-refractivity contribution >= 4 is 5.97 Å². The van der Waals surface area contributed by atoms with E-state index in [0.717, 1.165) is 6.42 Å². The SMILES string of the molecule is CC(C)NC1(C(=O)O)CCC(OC(C)(C)C)C1. The molecule has 1 rings (SSSR count). The number of ether oxygens (including phenoxy) is 1. The Bertz CT molecular complexity index is 283. The van der Waals surface area contributed by atoms with E-state index in [2.05, 4.69) is 5.32 Å². The standard InChI is InChI=1S/C13H25NO3/c1-9(2)14-13(11(15)16)7-6-10(8-13)17-12(3,4)5/h9-10,14H,6-8H2,1-5H3,(H,15,16). The lowest BCUT2D eigenvalue weighted by atomic mass is 9.96. The van der Waals surface area contributed by atoms with Crippen molar-refractivity contribution in [2.75, 3.05) is 0 Å². The van der Waals surface area contributed by atoms with Gasteiger partial charge in [0.05, 0.1) is 11.7 Å². The van der Waals surface area contributed by atoms with Crippen LogP contribution in [0, 0.1) is 0 Å². The molecule has 1 aliphatic carbocycles. The van der Waals surface area contributed by atoms with E-state index in [-0.39, 0.29) is 17.7 Å². The van der Waals surface area contributed by atoms with E-state index in [0.29, 0.717) is 12.8 Å². The predicted octanol–water partition coefficient (Wildman–Crippen LogP) is 2.18. The summed E-state index contributed by atoms with van der Waals surface area (Å²) in [5, 5.41) is 12.6. The van der Waals surface area contributed by atoms with E-state index in [1.807, 2.05) is 34.6 Å². The molecule has 0 amide bonds. The molecule has 0 spiro atoms. The number of carboxylic acid groups (broad SMARTS) is 1. The van der Waals surface area contributed by atoms with Gasteiger partial charge in [0.1, 0.15) is 5.54 Å². The van der Waals surface area contributed by atoms with Gasteiger partial charge < -0.3 is 9.84 Å². The van der Waals surface area contributed by atoms with Crippen molar-refractivity contribution in [3.05, 3.63) is 0 Å². The first-order valence-corrected chi connectivity index (χ1v) is 6.33. The Hall–Kier alpha value is -0.610. The highest BCUT2D eigenvalue weighted by atomic mass is 16.5. The van der Waals surface area contributed by atoms with Gasteiger partial charge in [-0.05, 0) is 47.5 Å². The third kappa shape index (κ3) is 3.96. The monoisotopic (exact) mass is 243 g/mol. The Morgan fingerprint density at radius 3 is 2.47 bits per heavy atom. The minimum absolute atomic E-state index is 0.0392. The minimum atomic E-state index is -0.802. The first kappa shape index (κ1) is 14.5. The maximum Gasteiger partial charge on any atom is 0.324 e. The van der Waals surface area contributed by atoms with Crippen LogP contribution in [0.4, 0.5) is 0 Å². The second kappa shape index (κ2) is 4.94. The van der Waals surface area contributed by atoms with Crippen molar-refractivity contribution < 1.29 is 14.6 Å². The van der Waals surface area contributed by atoms with Gasteiger partial charge in [-0.2, -0.15) is 0 Å². The highest BCUT2D eigenvalue weighted by Gasteiger charge is 2.46. The molecule has 17 heavy (non-hydrogen) atoms. The van der Waals surface area contributed by atoms with Gasteiger partial charge in [0, 0.05) is 12.5 Å². The summed E-state index contributed by atoms with van der Waals surface area (Å²) in [5.74, 6) is -0.758. The molecule has 0 aromatic rings. The van der Waals surface area contributed by atoms with Crippen molar-refractivity contribution in [2.45, 2.75) is 77.2 Å². The van der Waals surface area contributed by atoms with Crippen LogP contribution >= 0.6 is 0 Å². The molecule has 0 aromatic carbocycles. The summed E-state index contributed by atoms with van der Waals surface area (Å²) in [7, 11) is 0. The topological polar surface area (TPSA) is 58.6 Å². The zero-order valence-electron chi connectivity index (χ0n) is 11.5. The van der Waals surface area contributed by atoms with Crippen LogP contribution in [0.2, 0.25) is 0 Å². The summed E-state index contributed by atoms with van der Waals surface area (Å²) in [5.41, 5.74) is -1.01. The van der Waals surface area contributed by atoms with Crippen molar-refractivity contribution in [2.24, 2.45) is 0 Å². The largest absolute Gasteiger partial charge is 0.480 e. The second-order valence-electron chi connectivity index (χ2n) is 6.28. The van der Waals surface area contributed by atoms with Crippen LogP contribution in [0.25, 0.3) is 0 Å². The maximum atomic E-state index is 11.5. The zero-order valence-corrected chi connectivity index (χ0v) is 11.5. The molecule has 0 heterocycles. The van der Waals surface area contributed by atoms with Crippen molar-refractivity contribution in [3.8, 4) is 0 Å². The van der Waals surface area contributed by atoms with Crippen molar-refractivity contribution in [1.82, 2.24) is 5.32 Å². The lowest BCUT2D eigenvalue weighted by Crippen LogP contribution is -2.53. The smallest absolute Gasteiger partial charge is 0.324 e. The molecule has 0 aliphatic heterocycles. The minimum Gasteiger partial charge on any atom is -0.480 e. The Kier molecular flexibility index (Phi) is 4.20. The summed E-state index contributed by atoms with van der Waals surface area (Å²) in [6.07, 6.45) is 2.04. The van der Waals surface area contributed by atoms with Crippen molar-refractivity contribution in [3.63, 3.8) is 0 Å². The first-order chi connectivity index (χ1) is 7.65. The molecule has 1 saturated carbocycles. The molecule has 1 fully saturated rings. The van der Waals surface area contributed by atoms with E-state index < -0.39 is 11.5 Å². The number of hydrogen-bond donors (Lipinski definition) is 2. The first-order valence-electron chi connectivity index (χ1n) is 6.33. The van der Waals surface area contributed by atoms with Crippen LogP contribution < -0.4 is 5.32 Å². The molecule has 2 atom stereocenters. The highest BCUT2D eigenvalue weighted by Crippen LogP contribution is 2.34. The fraction of sp³-hybridized carbons (Fsp3) is 0.923. The highest BCUT2D eigenvalue weighted by molar-refractivity contribution is 5.79. The number of carboxylic acids is 1. The molecular formula is C13H25NO3. The Balaban J connectivity index is 2.69. The number of rotatable bonds is 4. The molecule has 0 saturated heterocycles. The van der Waals surface area contributed by atoms with Crippen LogP contribution in [0.1, 0.15) is 53.9 Å². The third-order valence-corrected chi connectivity index (χ3v) is 2.96. The molecule has 0 aromatic heterocycles. The van der Waals surface area contributed by atoms with Gasteiger partial charge in [0.15, 0.2) is 0 Å². The fourth-order valence-corrected chi connectivity index (χ4v) is 2.54. The van der Waals surface area contributed by atoms with E-state index in [1.54, 1.807) is 0 Å². The summed E-state index contributed by atoms with van der Waals surface area (Å²) in [6, 6.07) is 0.166. The second-order valence-corrected chi connectivity index (χ2v) is 6.28. The summed E-state index contributed by atoms with van der Waals surface area (Å²) >= 11 is 0. The Morgan fingerprint density at radius 1 is 1.47 bits per heavy atom. The third-order valence-electron chi connectivity index (χ3n) is 2.96. The summed E-state index contributed by atoms with van der Waals surface area (Å²) < 4.78 is 5.88. The number of aliphatic carboxylic acids is 1.